The van der Waals surface area contributed by atoms with Crippen LogP contribution < -0.4 is 5.56 Å². The average molecular weight is 451 g/mol. The molecule has 33 heavy (non-hydrogen) atoms. The number of hydrogen-bond acceptors (Lipinski definition) is 6. The van der Waals surface area contributed by atoms with Gasteiger partial charge in [0, 0.05) is 24.8 Å². The van der Waals surface area contributed by atoms with E-state index in [4.69, 9.17) is 4.74 Å². The molecule has 0 unspecified atom stereocenters. The highest BCUT2D eigenvalue weighted by Gasteiger charge is 2.33. The number of fused-ring (bicyclic) bond motifs is 1. The van der Waals surface area contributed by atoms with E-state index in [1.54, 1.807) is 0 Å². The molecule has 8 nitrogen and oxygen atoms in total. The molecule has 0 radical (unpaired) electrons. The van der Waals surface area contributed by atoms with Crippen LogP contribution in [0.1, 0.15) is 74.9 Å². The number of para-hydroxylation sites is 1. The van der Waals surface area contributed by atoms with Gasteiger partial charge in [0.15, 0.2) is 5.82 Å². The highest BCUT2D eigenvalue weighted by Crippen LogP contribution is 2.34. The zero-order valence-corrected chi connectivity index (χ0v) is 19.7. The van der Waals surface area contributed by atoms with Crippen molar-refractivity contribution in [2.75, 3.05) is 6.61 Å². The first-order valence-electron chi connectivity index (χ1n) is 12.4. The molecule has 1 saturated heterocycles. The van der Waals surface area contributed by atoms with E-state index in [0.29, 0.717) is 19.1 Å². The summed E-state index contributed by atoms with van der Waals surface area (Å²) in [6.45, 7) is 6.32. The molecule has 1 aliphatic carbocycles. The maximum Gasteiger partial charge on any atom is 0.252 e. The molecule has 2 fully saturated rings. The molecule has 2 atom stereocenters. The SMILES string of the molecule is CC[C@H](c1nnnn1C[C@@H]1CCCO1)N(Cc1cc2cccc(C)c2[nH]c1=O)C1CCCC1. The van der Waals surface area contributed by atoms with Crippen molar-refractivity contribution >= 4 is 10.9 Å². The summed E-state index contributed by atoms with van der Waals surface area (Å²) >= 11 is 0. The smallest absolute Gasteiger partial charge is 0.252 e. The van der Waals surface area contributed by atoms with Gasteiger partial charge < -0.3 is 9.72 Å². The van der Waals surface area contributed by atoms with Crippen molar-refractivity contribution in [1.82, 2.24) is 30.1 Å². The predicted molar refractivity (Wildman–Crippen MR) is 127 cm³/mol. The summed E-state index contributed by atoms with van der Waals surface area (Å²) in [5, 5.41) is 13.9. The number of rotatable bonds is 8. The van der Waals surface area contributed by atoms with Crippen molar-refractivity contribution in [3.05, 3.63) is 51.6 Å². The molecule has 8 heteroatoms. The number of hydrogen-bond donors (Lipinski definition) is 1. The number of H-pyrrole nitrogens is 1. The molecular weight excluding hydrogens is 416 g/mol. The summed E-state index contributed by atoms with van der Waals surface area (Å²) in [7, 11) is 0. The minimum atomic E-state index is -0.00593. The molecule has 2 aromatic heterocycles. The normalized spacial score (nSPS) is 20.3. The molecule has 3 heterocycles. The summed E-state index contributed by atoms with van der Waals surface area (Å²) < 4.78 is 7.77. The minimum Gasteiger partial charge on any atom is -0.376 e. The van der Waals surface area contributed by atoms with Gasteiger partial charge >= 0.3 is 0 Å². The monoisotopic (exact) mass is 450 g/mol. The van der Waals surface area contributed by atoms with Gasteiger partial charge in [-0.3, -0.25) is 9.69 Å². The Bertz CT molecular complexity index is 1140. The van der Waals surface area contributed by atoms with Crippen molar-refractivity contribution in [1.29, 1.82) is 0 Å². The van der Waals surface area contributed by atoms with Crippen LogP contribution in [0.25, 0.3) is 10.9 Å². The van der Waals surface area contributed by atoms with Gasteiger partial charge in [-0.25, -0.2) is 4.68 Å². The highest BCUT2D eigenvalue weighted by atomic mass is 16.5. The Kier molecular flexibility index (Phi) is 6.55. The van der Waals surface area contributed by atoms with Crippen molar-refractivity contribution < 1.29 is 4.74 Å². The lowest BCUT2D eigenvalue weighted by molar-refractivity contribution is 0.0839. The van der Waals surface area contributed by atoms with Gasteiger partial charge in [0.1, 0.15) is 0 Å². The topological polar surface area (TPSA) is 88.9 Å². The second kappa shape index (κ2) is 9.73. The number of pyridine rings is 1. The summed E-state index contributed by atoms with van der Waals surface area (Å²) in [4.78, 5) is 18.7. The Hall–Kier alpha value is -2.58. The lowest BCUT2D eigenvalue weighted by Crippen LogP contribution is -2.39. The standard InChI is InChI=1S/C25H34N6O2/c1-3-22(24-27-28-29-31(24)16-21-12-7-13-33-21)30(20-10-4-5-11-20)15-19-14-18-9-6-8-17(2)23(18)26-25(19)32/h6,8-9,14,20-22H,3-5,7,10-13,15-16H2,1-2H3,(H,26,32)/t21-,22+/m0/s1. The molecule has 1 aromatic carbocycles. The molecule has 5 rings (SSSR count). The van der Waals surface area contributed by atoms with Crippen LogP contribution in [0.2, 0.25) is 0 Å². The van der Waals surface area contributed by atoms with Gasteiger partial charge in [0.05, 0.1) is 24.2 Å². The van der Waals surface area contributed by atoms with Crippen LogP contribution in [0.5, 0.6) is 0 Å². The van der Waals surface area contributed by atoms with Crippen molar-refractivity contribution in [2.45, 2.75) is 90.1 Å². The van der Waals surface area contributed by atoms with Gasteiger partial charge in [-0.2, -0.15) is 0 Å². The molecule has 0 spiro atoms. The Morgan fingerprint density at radius 2 is 2.09 bits per heavy atom. The van der Waals surface area contributed by atoms with Gasteiger partial charge in [0.25, 0.3) is 5.56 Å². The fourth-order valence-corrected chi connectivity index (χ4v) is 5.60. The van der Waals surface area contributed by atoms with E-state index in [1.165, 1.54) is 12.8 Å². The predicted octanol–water partition coefficient (Wildman–Crippen LogP) is 3.90. The van der Waals surface area contributed by atoms with Gasteiger partial charge in [-0.1, -0.05) is 38.0 Å². The van der Waals surface area contributed by atoms with Crippen LogP contribution >= 0.6 is 0 Å². The molecule has 1 saturated carbocycles. The maximum atomic E-state index is 13.1. The fourth-order valence-electron chi connectivity index (χ4n) is 5.60. The van der Waals surface area contributed by atoms with Gasteiger partial charge in [-0.15, -0.1) is 5.10 Å². The second-order valence-corrected chi connectivity index (χ2v) is 9.55. The van der Waals surface area contributed by atoms with Crippen molar-refractivity contribution in [3.8, 4) is 0 Å². The number of aromatic amines is 1. The average Bonchev–Trinajstić information content (AvgIpc) is 3.59. The first-order chi connectivity index (χ1) is 16.1. The molecule has 2 aliphatic rings. The number of ether oxygens (including phenoxy) is 1. The zero-order chi connectivity index (χ0) is 22.8. The number of nitrogens with zero attached hydrogens (tertiary/aromatic N) is 5. The molecular formula is C25H34N6O2. The van der Waals surface area contributed by atoms with Crippen LogP contribution in [0, 0.1) is 6.92 Å². The van der Waals surface area contributed by atoms with E-state index < -0.39 is 0 Å². The van der Waals surface area contributed by atoms with E-state index in [1.807, 2.05) is 23.7 Å². The second-order valence-electron chi connectivity index (χ2n) is 9.55. The lowest BCUT2D eigenvalue weighted by atomic mass is 10.0. The molecule has 176 valence electrons. The summed E-state index contributed by atoms with van der Waals surface area (Å²) in [6.07, 6.45) is 7.95. The number of tetrazole rings is 1. The number of aromatic nitrogens is 5. The van der Waals surface area contributed by atoms with Crippen molar-refractivity contribution in [2.24, 2.45) is 0 Å². The summed E-state index contributed by atoms with van der Waals surface area (Å²) in [5.41, 5.74) is 2.81. The van der Waals surface area contributed by atoms with Gasteiger partial charge in [0.2, 0.25) is 0 Å². The molecule has 3 aromatic rings. The Labute approximate surface area is 194 Å². The van der Waals surface area contributed by atoms with Crippen LogP contribution in [0.3, 0.4) is 0 Å². The van der Waals surface area contributed by atoms with E-state index in [-0.39, 0.29) is 17.7 Å². The molecule has 1 N–H and O–H groups in total. The third-order valence-corrected chi connectivity index (χ3v) is 7.36. The minimum absolute atomic E-state index is 0.00593. The van der Waals surface area contributed by atoms with Crippen LogP contribution in [-0.2, 0) is 17.8 Å². The summed E-state index contributed by atoms with van der Waals surface area (Å²) in [6, 6.07) is 8.69. The largest absolute Gasteiger partial charge is 0.376 e. The molecule has 0 amide bonds. The highest BCUT2D eigenvalue weighted by molar-refractivity contribution is 5.81. The first-order valence-corrected chi connectivity index (χ1v) is 12.4. The number of nitrogens with one attached hydrogen (secondary N) is 1. The first kappa shape index (κ1) is 22.2. The van der Waals surface area contributed by atoms with Crippen LogP contribution in [-0.4, -0.2) is 48.8 Å². The Morgan fingerprint density at radius 3 is 2.85 bits per heavy atom. The summed E-state index contributed by atoms with van der Waals surface area (Å²) in [5.74, 6) is 0.882. The zero-order valence-electron chi connectivity index (χ0n) is 19.7. The third kappa shape index (κ3) is 4.59. The van der Waals surface area contributed by atoms with Crippen LogP contribution in [0.15, 0.2) is 29.1 Å². The van der Waals surface area contributed by atoms with E-state index in [9.17, 15) is 4.79 Å². The Balaban J connectivity index is 1.48. The number of benzene rings is 1. The van der Waals surface area contributed by atoms with E-state index >= 15 is 0 Å². The lowest BCUT2D eigenvalue weighted by Gasteiger charge is -2.35. The molecule has 0 bridgehead atoms. The number of aryl methyl sites for hydroxylation is 1. The third-order valence-electron chi connectivity index (χ3n) is 7.36. The Morgan fingerprint density at radius 1 is 1.24 bits per heavy atom. The molecule has 1 aliphatic heterocycles. The van der Waals surface area contributed by atoms with E-state index in [2.05, 4.69) is 44.5 Å². The van der Waals surface area contributed by atoms with E-state index in [0.717, 1.165) is 66.6 Å². The fraction of sp³-hybridized carbons (Fsp3) is 0.600. The quantitative estimate of drug-likeness (QED) is 0.560. The van der Waals surface area contributed by atoms with Crippen LogP contribution in [0.4, 0.5) is 0 Å². The van der Waals surface area contributed by atoms with Gasteiger partial charge in [-0.05, 0) is 66.5 Å². The van der Waals surface area contributed by atoms with Crippen molar-refractivity contribution in [3.63, 3.8) is 0 Å². The maximum absolute atomic E-state index is 13.1.